The molecular formula is C12H12F3NO3. The number of ether oxygens (including phenoxy) is 1. The van der Waals surface area contributed by atoms with Gasteiger partial charge in [-0.25, -0.2) is 9.78 Å². The van der Waals surface area contributed by atoms with Crippen molar-refractivity contribution in [2.45, 2.75) is 19.5 Å². The molecule has 0 atom stereocenters. The Labute approximate surface area is 107 Å². The van der Waals surface area contributed by atoms with E-state index in [0.29, 0.717) is 5.69 Å². The highest BCUT2D eigenvalue weighted by molar-refractivity contribution is 5.85. The summed E-state index contributed by atoms with van der Waals surface area (Å²) in [6, 6.07) is 3.03. The average molecular weight is 275 g/mol. The van der Waals surface area contributed by atoms with Crippen molar-refractivity contribution >= 4 is 12.0 Å². The number of aryl methyl sites for hydroxylation is 1. The van der Waals surface area contributed by atoms with Crippen LogP contribution in [0.4, 0.5) is 13.2 Å². The van der Waals surface area contributed by atoms with E-state index in [0.717, 1.165) is 6.08 Å². The van der Waals surface area contributed by atoms with Gasteiger partial charge in [0.15, 0.2) is 0 Å². The van der Waals surface area contributed by atoms with Crippen molar-refractivity contribution in [3.63, 3.8) is 0 Å². The maximum absolute atomic E-state index is 12.0. The van der Waals surface area contributed by atoms with Crippen molar-refractivity contribution in [2.75, 3.05) is 6.61 Å². The smallest absolute Gasteiger partial charge is 0.392 e. The highest BCUT2D eigenvalue weighted by atomic mass is 19.4. The molecule has 4 nitrogen and oxygen atoms in total. The standard InChI is InChI=1S/C12H12F3NO3/c1-8-2-4-10(19-7-6-12(13,14)15)9(16-8)3-5-11(17)18/h2-5H,6-7H2,1H3,(H,17,18). The van der Waals surface area contributed by atoms with Crippen LogP contribution in [0.25, 0.3) is 6.08 Å². The second kappa shape index (κ2) is 6.21. The molecule has 0 unspecified atom stereocenters. The number of pyridine rings is 1. The third-order valence-electron chi connectivity index (χ3n) is 2.05. The van der Waals surface area contributed by atoms with Crippen LogP contribution in [-0.4, -0.2) is 28.8 Å². The number of nitrogens with zero attached hydrogens (tertiary/aromatic N) is 1. The Bertz CT molecular complexity index is 484. The van der Waals surface area contributed by atoms with Gasteiger partial charge in [0.05, 0.1) is 13.0 Å². The average Bonchev–Trinajstić information content (AvgIpc) is 2.27. The number of halogens is 3. The first-order valence-corrected chi connectivity index (χ1v) is 5.36. The second-order valence-corrected chi connectivity index (χ2v) is 3.72. The largest absolute Gasteiger partial charge is 0.491 e. The maximum Gasteiger partial charge on any atom is 0.392 e. The van der Waals surface area contributed by atoms with Crippen LogP contribution in [0.15, 0.2) is 18.2 Å². The van der Waals surface area contributed by atoms with E-state index in [1.807, 2.05) is 0 Å². The van der Waals surface area contributed by atoms with Gasteiger partial charge < -0.3 is 9.84 Å². The lowest BCUT2D eigenvalue weighted by molar-refractivity contribution is -0.139. The summed E-state index contributed by atoms with van der Waals surface area (Å²) < 4.78 is 40.9. The summed E-state index contributed by atoms with van der Waals surface area (Å²) in [4.78, 5) is 14.4. The highest BCUT2D eigenvalue weighted by Crippen LogP contribution is 2.22. The monoisotopic (exact) mass is 275 g/mol. The summed E-state index contributed by atoms with van der Waals surface area (Å²) in [7, 11) is 0. The molecule has 1 heterocycles. The first-order chi connectivity index (χ1) is 8.78. The van der Waals surface area contributed by atoms with Crippen molar-refractivity contribution in [3.8, 4) is 5.75 Å². The highest BCUT2D eigenvalue weighted by Gasteiger charge is 2.27. The first-order valence-electron chi connectivity index (χ1n) is 5.36. The van der Waals surface area contributed by atoms with Crippen LogP contribution in [-0.2, 0) is 4.79 Å². The van der Waals surface area contributed by atoms with Crippen LogP contribution >= 0.6 is 0 Å². The summed E-state index contributed by atoms with van der Waals surface area (Å²) in [5, 5.41) is 8.51. The third kappa shape index (κ3) is 5.89. The van der Waals surface area contributed by atoms with Gasteiger partial charge in [0.2, 0.25) is 0 Å². The molecular weight excluding hydrogens is 263 g/mol. The number of aliphatic carboxylic acids is 1. The van der Waals surface area contributed by atoms with E-state index in [1.54, 1.807) is 13.0 Å². The summed E-state index contributed by atoms with van der Waals surface area (Å²) in [5.74, 6) is -1.06. The molecule has 0 aliphatic carbocycles. The zero-order valence-electron chi connectivity index (χ0n) is 10.1. The second-order valence-electron chi connectivity index (χ2n) is 3.72. The molecule has 1 rings (SSSR count). The Morgan fingerprint density at radius 2 is 2.16 bits per heavy atom. The summed E-state index contributed by atoms with van der Waals surface area (Å²) in [5.41, 5.74) is 0.790. The van der Waals surface area contributed by atoms with E-state index in [2.05, 4.69) is 4.98 Å². The summed E-state index contributed by atoms with van der Waals surface area (Å²) in [6.07, 6.45) is -3.35. The van der Waals surface area contributed by atoms with Crippen LogP contribution < -0.4 is 4.74 Å². The zero-order chi connectivity index (χ0) is 14.5. The van der Waals surface area contributed by atoms with Gasteiger partial charge in [-0.15, -0.1) is 0 Å². The minimum absolute atomic E-state index is 0.118. The van der Waals surface area contributed by atoms with E-state index in [-0.39, 0.29) is 11.4 Å². The molecule has 104 valence electrons. The minimum Gasteiger partial charge on any atom is -0.491 e. The molecule has 0 bridgehead atoms. The Kier molecular flexibility index (Phi) is 4.91. The van der Waals surface area contributed by atoms with Crippen molar-refractivity contribution in [1.29, 1.82) is 0 Å². The number of aromatic nitrogens is 1. The lowest BCUT2D eigenvalue weighted by Crippen LogP contribution is -2.13. The quantitative estimate of drug-likeness (QED) is 0.839. The molecule has 0 amide bonds. The minimum atomic E-state index is -4.30. The van der Waals surface area contributed by atoms with Gasteiger partial charge in [-0.3, -0.25) is 0 Å². The predicted molar refractivity (Wildman–Crippen MR) is 61.8 cm³/mol. The number of alkyl halides is 3. The Hall–Kier alpha value is -2.05. The molecule has 0 saturated carbocycles. The van der Waals surface area contributed by atoms with Crippen molar-refractivity contribution in [3.05, 3.63) is 29.6 Å². The van der Waals surface area contributed by atoms with Crippen LogP contribution in [0.2, 0.25) is 0 Å². The molecule has 0 spiro atoms. The number of hydrogen-bond donors (Lipinski definition) is 1. The maximum atomic E-state index is 12.0. The lowest BCUT2D eigenvalue weighted by atomic mass is 10.2. The van der Waals surface area contributed by atoms with Gasteiger partial charge in [0, 0.05) is 11.8 Å². The molecule has 0 radical (unpaired) electrons. The van der Waals surface area contributed by atoms with E-state index < -0.39 is 25.2 Å². The van der Waals surface area contributed by atoms with Crippen LogP contribution in [0, 0.1) is 6.92 Å². The van der Waals surface area contributed by atoms with Crippen LogP contribution in [0.5, 0.6) is 5.75 Å². The fourth-order valence-electron chi connectivity index (χ4n) is 1.23. The Balaban J connectivity index is 2.79. The third-order valence-corrected chi connectivity index (χ3v) is 2.05. The molecule has 0 aliphatic rings. The molecule has 0 aliphatic heterocycles. The van der Waals surface area contributed by atoms with Crippen LogP contribution in [0.1, 0.15) is 17.8 Å². The summed E-state index contributed by atoms with van der Waals surface area (Å²) >= 11 is 0. The van der Waals surface area contributed by atoms with Gasteiger partial charge in [-0.2, -0.15) is 13.2 Å². The van der Waals surface area contributed by atoms with E-state index >= 15 is 0 Å². The van der Waals surface area contributed by atoms with Crippen molar-refractivity contribution < 1.29 is 27.8 Å². The fourth-order valence-corrected chi connectivity index (χ4v) is 1.23. The molecule has 1 aromatic rings. The van der Waals surface area contributed by atoms with Gasteiger partial charge in [0.25, 0.3) is 0 Å². The SMILES string of the molecule is Cc1ccc(OCCC(F)(F)F)c(C=CC(=O)O)n1. The number of carbonyl (C=O) groups is 1. The number of hydrogen-bond acceptors (Lipinski definition) is 3. The Morgan fingerprint density at radius 1 is 1.47 bits per heavy atom. The molecule has 0 fully saturated rings. The number of carboxylic acid groups (broad SMARTS) is 1. The molecule has 1 aromatic heterocycles. The van der Waals surface area contributed by atoms with Gasteiger partial charge in [-0.1, -0.05) is 0 Å². The van der Waals surface area contributed by atoms with Gasteiger partial charge in [0.1, 0.15) is 11.4 Å². The first kappa shape index (κ1) is 15.0. The topological polar surface area (TPSA) is 59.4 Å². The molecule has 0 saturated heterocycles. The number of carboxylic acids is 1. The van der Waals surface area contributed by atoms with E-state index in [4.69, 9.17) is 9.84 Å². The van der Waals surface area contributed by atoms with Crippen LogP contribution in [0.3, 0.4) is 0 Å². The lowest BCUT2D eigenvalue weighted by Gasteiger charge is -2.10. The zero-order valence-corrected chi connectivity index (χ0v) is 10.1. The normalized spacial score (nSPS) is 11.8. The van der Waals surface area contributed by atoms with E-state index in [1.165, 1.54) is 12.1 Å². The van der Waals surface area contributed by atoms with Crippen molar-refractivity contribution in [2.24, 2.45) is 0 Å². The molecule has 1 N–H and O–H groups in total. The molecule has 19 heavy (non-hydrogen) atoms. The van der Waals surface area contributed by atoms with E-state index in [9.17, 15) is 18.0 Å². The number of rotatable bonds is 5. The van der Waals surface area contributed by atoms with Gasteiger partial charge >= 0.3 is 12.1 Å². The Morgan fingerprint density at radius 3 is 2.74 bits per heavy atom. The van der Waals surface area contributed by atoms with Gasteiger partial charge in [-0.05, 0) is 25.1 Å². The predicted octanol–water partition coefficient (Wildman–Crippen LogP) is 2.82. The molecule has 7 heteroatoms. The molecule has 0 aromatic carbocycles. The fraction of sp³-hybridized carbons (Fsp3) is 0.333. The van der Waals surface area contributed by atoms with Crippen molar-refractivity contribution in [1.82, 2.24) is 4.98 Å². The summed E-state index contributed by atoms with van der Waals surface area (Å²) in [6.45, 7) is 1.14.